The van der Waals surface area contributed by atoms with Crippen LogP contribution in [-0.4, -0.2) is 49.4 Å². The molecule has 0 aliphatic rings. The molecule has 27 heavy (non-hydrogen) atoms. The third-order valence-corrected chi connectivity index (χ3v) is 4.26. The average molecular weight is 366 g/mol. The number of aryl methyl sites for hydroxylation is 2. The number of anilines is 1. The average Bonchev–Trinajstić information content (AvgIpc) is 3.08. The van der Waals surface area contributed by atoms with Gasteiger partial charge < -0.3 is 10.2 Å². The molecule has 0 saturated heterocycles. The summed E-state index contributed by atoms with van der Waals surface area (Å²) in [5.74, 6) is -0.0329. The van der Waals surface area contributed by atoms with Gasteiger partial charge in [0.15, 0.2) is 0 Å². The fourth-order valence-electron chi connectivity index (χ4n) is 2.84. The number of amides is 2. The maximum Gasteiger partial charge on any atom is 0.295 e. The molecule has 0 unspecified atom stereocenters. The molecule has 0 spiro atoms. The van der Waals surface area contributed by atoms with Crippen LogP contribution in [0.2, 0.25) is 0 Å². The van der Waals surface area contributed by atoms with E-state index in [2.05, 4.69) is 20.4 Å². The molecule has 0 bridgehead atoms. The summed E-state index contributed by atoms with van der Waals surface area (Å²) in [4.78, 5) is 35.0. The van der Waals surface area contributed by atoms with Crippen LogP contribution in [0.3, 0.4) is 0 Å². The van der Waals surface area contributed by atoms with E-state index in [1.165, 1.54) is 4.52 Å². The first-order valence-corrected chi connectivity index (χ1v) is 8.84. The number of carbonyl (C=O) groups is 2. The topological polar surface area (TPSA) is 92.5 Å². The highest BCUT2D eigenvalue weighted by molar-refractivity contribution is 6.02. The Morgan fingerprint density at radius 1 is 1.07 bits per heavy atom. The Hall–Kier alpha value is -3.29. The van der Waals surface area contributed by atoms with E-state index in [9.17, 15) is 9.59 Å². The van der Waals surface area contributed by atoms with Crippen LogP contribution in [0.5, 0.6) is 0 Å². The van der Waals surface area contributed by atoms with Gasteiger partial charge in [0.25, 0.3) is 17.6 Å². The Bertz CT molecular complexity index is 989. The first-order chi connectivity index (χ1) is 12.9. The molecule has 8 heteroatoms. The van der Waals surface area contributed by atoms with Crippen molar-refractivity contribution >= 4 is 23.3 Å². The van der Waals surface area contributed by atoms with Crippen molar-refractivity contribution < 1.29 is 9.59 Å². The number of benzene rings is 1. The van der Waals surface area contributed by atoms with Crippen LogP contribution < -0.4 is 5.32 Å². The molecule has 0 atom stereocenters. The predicted molar refractivity (Wildman–Crippen MR) is 102 cm³/mol. The lowest BCUT2D eigenvalue weighted by molar-refractivity contribution is 0.0773. The Balaban J connectivity index is 1.76. The molecule has 0 saturated carbocycles. The Morgan fingerprint density at radius 3 is 2.37 bits per heavy atom. The zero-order valence-corrected chi connectivity index (χ0v) is 15.9. The van der Waals surface area contributed by atoms with E-state index in [0.29, 0.717) is 30.1 Å². The van der Waals surface area contributed by atoms with E-state index >= 15 is 0 Å². The third-order valence-electron chi connectivity index (χ3n) is 4.26. The molecular weight excluding hydrogens is 344 g/mol. The first kappa shape index (κ1) is 18.5. The zero-order valence-electron chi connectivity index (χ0n) is 15.9. The number of carbonyl (C=O) groups excluding carboxylic acids is 2. The monoisotopic (exact) mass is 366 g/mol. The molecule has 0 aliphatic carbocycles. The van der Waals surface area contributed by atoms with Crippen LogP contribution in [-0.2, 0) is 0 Å². The lowest BCUT2D eigenvalue weighted by atomic mass is 10.1. The second-order valence-electron chi connectivity index (χ2n) is 6.20. The smallest absolute Gasteiger partial charge is 0.295 e. The molecule has 1 aromatic carbocycles. The van der Waals surface area contributed by atoms with Crippen molar-refractivity contribution in [3.8, 4) is 0 Å². The molecule has 3 aromatic rings. The zero-order chi connectivity index (χ0) is 19.6. The standard InChI is InChI=1S/C19H22N6O2/c1-5-24(6-2)18(27)14-7-9-15(10-8-14)21-17(26)16-22-19-20-12(3)11-13(4)25(19)23-16/h7-11H,5-6H2,1-4H3,(H,21,26). The molecule has 0 aliphatic heterocycles. The predicted octanol–water partition coefficient (Wildman–Crippen LogP) is 2.48. The number of nitrogens with one attached hydrogen (secondary N) is 1. The minimum absolute atomic E-state index is 0.0307. The van der Waals surface area contributed by atoms with Crippen molar-refractivity contribution in [1.29, 1.82) is 0 Å². The highest BCUT2D eigenvalue weighted by atomic mass is 16.2. The van der Waals surface area contributed by atoms with E-state index in [-0.39, 0.29) is 11.7 Å². The van der Waals surface area contributed by atoms with Crippen LogP contribution in [0.15, 0.2) is 30.3 Å². The van der Waals surface area contributed by atoms with Crippen molar-refractivity contribution in [1.82, 2.24) is 24.5 Å². The summed E-state index contributed by atoms with van der Waals surface area (Å²) in [6, 6.07) is 8.65. The van der Waals surface area contributed by atoms with Crippen LogP contribution in [0.25, 0.3) is 5.78 Å². The number of hydrogen-bond acceptors (Lipinski definition) is 5. The summed E-state index contributed by atoms with van der Waals surface area (Å²) in [7, 11) is 0. The Kier molecular flexibility index (Phi) is 5.16. The molecule has 3 rings (SSSR count). The number of aromatic nitrogens is 4. The summed E-state index contributed by atoms with van der Waals surface area (Å²) in [5.41, 5.74) is 2.81. The van der Waals surface area contributed by atoms with Gasteiger partial charge in [-0.25, -0.2) is 9.50 Å². The van der Waals surface area contributed by atoms with Crippen LogP contribution >= 0.6 is 0 Å². The highest BCUT2D eigenvalue weighted by Crippen LogP contribution is 2.13. The quantitative estimate of drug-likeness (QED) is 0.749. The highest BCUT2D eigenvalue weighted by Gasteiger charge is 2.16. The SMILES string of the molecule is CCN(CC)C(=O)c1ccc(NC(=O)c2nc3nc(C)cc(C)n3n2)cc1. The summed E-state index contributed by atoms with van der Waals surface area (Å²) in [6.45, 7) is 8.93. The molecule has 140 valence electrons. The van der Waals surface area contributed by atoms with Gasteiger partial charge in [0, 0.05) is 35.7 Å². The van der Waals surface area contributed by atoms with Crippen molar-refractivity contribution in [3.63, 3.8) is 0 Å². The molecule has 2 amide bonds. The van der Waals surface area contributed by atoms with Crippen molar-refractivity contribution in [2.24, 2.45) is 0 Å². The Morgan fingerprint density at radius 2 is 1.74 bits per heavy atom. The first-order valence-electron chi connectivity index (χ1n) is 8.84. The summed E-state index contributed by atoms with van der Waals surface area (Å²) < 4.78 is 1.54. The lowest BCUT2D eigenvalue weighted by Crippen LogP contribution is -2.30. The third kappa shape index (κ3) is 3.79. The summed E-state index contributed by atoms with van der Waals surface area (Å²) in [5, 5.41) is 6.96. The largest absolute Gasteiger partial charge is 0.339 e. The Labute approximate surface area is 157 Å². The normalized spacial score (nSPS) is 10.8. The van der Waals surface area contributed by atoms with E-state index in [1.54, 1.807) is 29.2 Å². The van der Waals surface area contributed by atoms with Gasteiger partial charge in [-0.15, -0.1) is 5.10 Å². The maximum absolute atomic E-state index is 12.4. The summed E-state index contributed by atoms with van der Waals surface area (Å²) in [6.07, 6.45) is 0. The van der Waals surface area contributed by atoms with Gasteiger partial charge in [-0.05, 0) is 58.0 Å². The number of hydrogen-bond donors (Lipinski definition) is 1. The van der Waals surface area contributed by atoms with Gasteiger partial charge >= 0.3 is 0 Å². The molecular formula is C19H22N6O2. The van der Waals surface area contributed by atoms with Crippen molar-refractivity contribution in [2.75, 3.05) is 18.4 Å². The second kappa shape index (κ2) is 7.53. The molecule has 2 aromatic heterocycles. The van der Waals surface area contributed by atoms with Crippen molar-refractivity contribution in [3.05, 3.63) is 53.1 Å². The van der Waals surface area contributed by atoms with Gasteiger partial charge in [-0.2, -0.15) is 4.98 Å². The fraction of sp³-hybridized carbons (Fsp3) is 0.316. The van der Waals surface area contributed by atoms with E-state index < -0.39 is 5.91 Å². The molecule has 1 N–H and O–H groups in total. The van der Waals surface area contributed by atoms with Gasteiger partial charge in [0.05, 0.1) is 0 Å². The van der Waals surface area contributed by atoms with E-state index in [1.807, 2.05) is 33.8 Å². The fourth-order valence-corrected chi connectivity index (χ4v) is 2.84. The lowest BCUT2D eigenvalue weighted by Gasteiger charge is -2.18. The number of nitrogens with zero attached hydrogens (tertiary/aromatic N) is 5. The van der Waals surface area contributed by atoms with Gasteiger partial charge in [-0.3, -0.25) is 9.59 Å². The molecule has 8 nitrogen and oxygen atoms in total. The van der Waals surface area contributed by atoms with Gasteiger partial charge in [-0.1, -0.05) is 0 Å². The van der Waals surface area contributed by atoms with Gasteiger partial charge in [0.2, 0.25) is 5.82 Å². The van der Waals surface area contributed by atoms with E-state index in [0.717, 1.165) is 11.4 Å². The van der Waals surface area contributed by atoms with E-state index in [4.69, 9.17) is 0 Å². The number of fused-ring (bicyclic) bond motifs is 1. The number of rotatable bonds is 5. The van der Waals surface area contributed by atoms with Crippen molar-refractivity contribution in [2.45, 2.75) is 27.7 Å². The van der Waals surface area contributed by atoms with Crippen LogP contribution in [0, 0.1) is 13.8 Å². The summed E-state index contributed by atoms with van der Waals surface area (Å²) >= 11 is 0. The van der Waals surface area contributed by atoms with Crippen LogP contribution in [0.1, 0.15) is 46.2 Å². The second-order valence-corrected chi connectivity index (χ2v) is 6.20. The van der Waals surface area contributed by atoms with Gasteiger partial charge in [0.1, 0.15) is 0 Å². The minimum atomic E-state index is -0.430. The maximum atomic E-state index is 12.4. The molecule has 2 heterocycles. The molecule has 0 radical (unpaired) electrons. The molecule has 0 fully saturated rings. The minimum Gasteiger partial charge on any atom is -0.339 e. The van der Waals surface area contributed by atoms with Crippen LogP contribution in [0.4, 0.5) is 5.69 Å².